The number of carbonyl (C=O) groups excluding carboxylic acids is 1. The lowest BCUT2D eigenvalue weighted by atomic mass is 9.93. The quantitative estimate of drug-likeness (QED) is 0.704. The molecule has 0 unspecified atom stereocenters. The van der Waals surface area contributed by atoms with E-state index in [0.717, 1.165) is 5.56 Å². The Morgan fingerprint density at radius 1 is 1.17 bits per heavy atom. The number of benzene rings is 1. The Balaban J connectivity index is 1.54. The molecule has 1 fully saturated rings. The summed E-state index contributed by atoms with van der Waals surface area (Å²) in [5.41, 5.74) is 1.04. The van der Waals surface area contributed by atoms with Gasteiger partial charge in [-0.2, -0.15) is 4.31 Å². The van der Waals surface area contributed by atoms with Crippen molar-refractivity contribution in [1.29, 1.82) is 0 Å². The molecule has 1 aliphatic rings. The van der Waals surface area contributed by atoms with Crippen molar-refractivity contribution in [3.05, 3.63) is 52.2 Å². The van der Waals surface area contributed by atoms with E-state index in [-0.39, 0.29) is 17.9 Å². The first-order valence-electron chi connectivity index (χ1n) is 10.2. The zero-order chi connectivity index (χ0) is 21.0. The van der Waals surface area contributed by atoms with Gasteiger partial charge in [0, 0.05) is 24.4 Å². The Kier molecular flexibility index (Phi) is 7.14. The molecule has 5 nitrogen and oxygen atoms in total. The number of piperidine rings is 1. The molecule has 2 aromatic rings. The van der Waals surface area contributed by atoms with E-state index in [2.05, 4.69) is 25.2 Å². The normalized spacial score (nSPS) is 17.4. The number of hydrogen-bond donors (Lipinski definition) is 1. The standard InChI is InChI=1S/C22H30N2O3S2/c1-16(2)22(20-5-4-14-28-20)23-21(25)15-18-10-12-24(13-11-18)29(26,27)19-8-6-17(3)7-9-19/h4-9,14,16,18,22H,10-13,15H2,1-3H3,(H,23,25)/t22-/m0/s1. The second-order valence-electron chi connectivity index (χ2n) is 8.17. The summed E-state index contributed by atoms with van der Waals surface area (Å²) < 4.78 is 27.2. The fourth-order valence-corrected chi connectivity index (χ4v) is 6.16. The maximum atomic E-state index is 12.8. The molecule has 3 rings (SSSR count). The third-order valence-electron chi connectivity index (χ3n) is 5.54. The molecule has 1 N–H and O–H groups in total. The Hall–Kier alpha value is -1.70. The average molecular weight is 435 g/mol. The van der Waals surface area contributed by atoms with Gasteiger partial charge in [0.05, 0.1) is 10.9 Å². The minimum absolute atomic E-state index is 0.0319. The molecule has 1 saturated heterocycles. The molecular weight excluding hydrogens is 404 g/mol. The van der Waals surface area contributed by atoms with E-state index < -0.39 is 10.0 Å². The number of amides is 1. The SMILES string of the molecule is Cc1ccc(S(=O)(=O)N2CCC(CC(=O)N[C@H](c3cccs3)C(C)C)CC2)cc1. The number of hydrogen-bond acceptors (Lipinski definition) is 4. The largest absolute Gasteiger partial charge is 0.348 e. The lowest BCUT2D eigenvalue weighted by Crippen LogP contribution is -2.40. The smallest absolute Gasteiger partial charge is 0.243 e. The van der Waals surface area contributed by atoms with Gasteiger partial charge in [0.1, 0.15) is 0 Å². The number of sulfonamides is 1. The van der Waals surface area contributed by atoms with Gasteiger partial charge in [0.25, 0.3) is 0 Å². The first-order valence-corrected chi connectivity index (χ1v) is 12.5. The van der Waals surface area contributed by atoms with Crippen molar-refractivity contribution in [2.75, 3.05) is 13.1 Å². The van der Waals surface area contributed by atoms with Crippen LogP contribution < -0.4 is 5.32 Å². The van der Waals surface area contributed by atoms with Gasteiger partial charge in [0.15, 0.2) is 0 Å². The monoisotopic (exact) mass is 434 g/mol. The van der Waals surface area contributed by atoms with Gasteiger partial charge in [-0.25, -0.2) is 8.42 Å². The molecule has 158 valence electrons. The lowest BCUT2D eigenvalue weighted by Gasteiger charge is -2.31. The van der Waals surface area contributed by atoms with Crippen molar-refractivity contribution in [2.45, 2.75) is 51.0 Å². The minimum Gasteiger partial charge on any atom is -0.348 e. The van der Waals surface area contributed by atoms with Crippen LogP contribution in [-0.4, -0.2) is 31.7 Å². The van der Waals surface area contributed by atoms with Crippen molar-refractivity contribution in [3.8, 4) is 0 Å². The van der Waals surface area contributed by atoms with Crippen LogP contribution in [0.25, 0.3) is 0 Å². The highest BCUT2D eigenvalue weighted by atomic mass is 32.2. The molecule has 1 aromatic carbocycles. The molecule has 1 atom stereocenters. The van der Waals surface area contributed by atoms with Crippen LogP contribution in [0, 0.1) is 18.8 Å². The Labute approximate surface area is 178 Å². The zero-order valence-electron chi connectivity index (χ0n) is 17.3. The zero-order valence-corrected chi connectivity index (χ0v) is 18.9. The van der Waals surface area contributed by atoms with Gasteiger partial charge < -0.3 is 5.32 Å². The fourth-order valence-electron chi connectivity index (χ4n) is 3.74. The predicted octanol–water partition coefficient (Wildman–Crippen LogP) is 4.36. The van der Waals surface area contributed by atoms with Gasteiger partial charge in [-0.3, -0.25) is 4.79 Å². The van der Waals surface area contributed by atoms with Crippen LogP contribution in [0.15, 0.2) is 46.7 Å². The Bertz CT molecular complexity index is 898. The van der Waals surface area contributed by atoms with Crippen molar-refractivity contribution in [2.24, 2.45) is 11.8 Å². The van der Waals surface area contributed by atoms with E-state index in [1.54, 1.807) is 27.8 Å². The van der Waals surface area contributed by atoms with Crippen LogP contribution in [0.4, 0.5) is 0 Å². The van der Waals surface area contributed by atoms with Crippen molar-refractivity contribution in [3.63, 3.8) is 0 Å². The number of thiophene rings is 1. The summed E-state index contributed by atoms with van der Waals surface area (Å²) >= 11 is 1.66. The summed E-state index contributed by atoms with van der Waals surface area (Å²) in [6.45, 7) is 7.09. The Morgan fingerprint density at radius 2 is 1.83 bits per heavy atom. The third kappa shape index (κ3) is 5.47. The molecule has 0 bridgehead atoms. The second kappa shape index (κ2) is 9.41. The van der Waals surface area contributed by atoms with Gasteiger partial charge in [-0.05, 0) is 55.2 Å². The fraction of sp³-hybridized carbons (Fsp3) is 0.500. The summed E-state index contributed by atoms with van der Waals surface area (Å²) in [6.07, 6.45) is 1.88. The summed E-state index contributed by atoms with van der Waals surface area (Å²) in [7, 11) is -3.46. The van der Waals surface area contributed by atoms with Crippen LogP contribution in [-0.2, 0) is 14.8 Å². The highest BCUT2D eigenvalue weighted by molar-refractivity contribution is 7.89. The van der Waals surface area contributed by atoms with E-state index in [1.807, 2.05) is 30.5 Å². The maximum absolute atomic E-state index is 12.8. The molecule has 7 heteroatoms. The first kappa shape index (κ1) is 22.0. The van der Waals surface area contributed by atoms with Crippen LogP contribution in [0.1, 0.15) is 49.6 Å². The van der Waals surface area contributed by atoms with E-state index in [4.69, 9.17) is 0 Å². The summed E-state index contributed by atoms with van der Waals surface area (Å²) in [5, 5.41) is 5.21. The van der Waals surface area contributed by atoms with E-state index >= 15 is 0 Å². The van der Waals surface area contributed by atoms with Crippen LogP contribution in [0.3, 0.4) is 0 Å². The van der Waals surface area contributed by atoms with E-state index in [0.29, 0.717) is 43.2 Å². The molecule has 1 aromatic heterocycles. The molecular formula is C22H30N2O3S2. The highest BCUT2D eigenvalue weighted by Crippen LogP contribution is 2.28. The predicted molar refractivity (Wildman–Crippen MR) is 117 cm³/mol. The number of nitrogens with zero attached hydrogens (tertiary/aromatic N) is 1. The first-order chi connectivity index (χ1) is 13.8. The maximum Gasteiger partial charge on any atom is 0.243 e. The van der Waals surface area contributed by atoms with Gasteiger partial charge >= 0.3 is 0 Å². The van der Waals surface area contributed by atoms with Crippen LogP contribution >= 0.6 is 11.3 Å². The van der Waals surface area contributed by atoms with Crippen LogP contribution in [0.5, 0.6) is 0 Å². The van der Waals surface area contributed by atoms with E-state index in [9.17, 15) is 13.2 Å². The minimum atomic E-state index is -3.46. The Morgan fingerprint density at radius 3 is 2.38 bits per heavy atom. The van der Waals surface area contributed by atoms with Gasteiger partial charge in [-0.15, -0.1) is 11.3 Å². The number of aryl methyl sites for hydroxylation is 1. The summed E-state index contributed by atoms with van der Waals surface area (Å²) in [4.78, 5) is 14.1. The molecule has 0 radical (unpaired) electrons. The molecule has 2 heterocycles. The topological polar surface area (TPSA) is 66.5 Å². The number of rotatable bonds is 7. The van der Waals surface area contributed by atoms with Gasteiger partial charge in [0.2, 0.25) is 15.9 Å². The summed E-state index contributed by atoms with van der Waals surface area (Å²) in [6, 6.07) is 11.1. The highest BCUT2D eigenvalue weighted by Gasteiger charge is 2.30. The second-order valence-corrected chi connectivity index (χ2v) is 11.1. The van der Waals surface area contributed by atoms with Crippen molar-refractivity contribution < 1.29 is 13.2 Å². The average Bonchev–Trinajstić information content (AvgIpc) is 3.21. The lowest BCUT2D eigenvalue weighted by molar-refractivity contribution is -0.123. The van der Waals surface area contributed by atoms with E-state index in [1.165, 1.54) is 4.88 Å². The molecule has 0 aliphatic carbocycles. The number of nitrogens with one attached hydrogen (secondary N) is 1. The van der Waals surface area contributed by atoms with Crippen LogP contribution in [0.2, 0.25) is 0 Å². The molecule has 1 amide bonds. The van der Waals surface area contributed by atoms with Gasteiger partial charge in [-0.1, -0.05) is 37.6 Å². The molecule has 0 spiro atoms. The molecule has 1 aliphatic heterocycles. The third-order valence-corrected chi connectivity index (χ3v) is 8.41. The van der Waals surface area contributed by atoms with Crippen molar-refractivity contribution >= 4 is 27.3 Å². The number of carbonyl (C=O) groups is 1. The summed E-state index contributed by atoms with van der Waals surface area (Å²) in [5.74, 6) is 0.589. The molecule has 29 heavy (non-hydrogen) atoms. The molecule has 0 saturated carbocycles. The van der Waals surface area contributed by atoms with Crippen molar-refractivity contribution in [1.82, 2.24) is 9.62 Å².